The summed E-state index contributed by atoms with van der Waals surface area (Å²) in [4.78, 5) is 3.82. The molecule has 0 aliphatic heterocycles. The molecule has 0 aliphatic carbocycles. The van der Waals surface area contributed by atoms with Crippen molar-refractivity contribution in [1.29, 1.82) is 0 Å². The van der Waals surface area contributed by atoms with E-state index in [1.54, 1.807) is 0 Å². The molecule has 4 heteroatoms. The molecule has 0 atom stereocenters. The van der Waals surface area contributed by atoms with Crippen molar-refractivity contribution < 1.29 is 29.6 Å². The van der Waals surface area contributed by atoms with Gasteiger partial charge in [0.15, 0.2) is 0 Å². The molecule has 0 amide bonds. The molecule has 0 saturated carbocycles. The van der Waals surface area contributed by atoms with Crippen LogP contribution in [-0.2, 0) is 12.6 Å². The van der Waals surface area contributed by atoms with Crippen LogP contribution in [0.15, 0.2) is 4.99 Å². The third kappa shape index (κ3) is 13.9. The van der Waals surface area contributed by atoms with E-state index in [9.17, 15) is 0 Å². The fourth-order valence-electron chi connectivity index (χ4n) is 0.625. The van der Waals surface area contributed by atoms with Crippen LogP contribution >= 0.6 is 12.2 Å². The average molecular weight is 197 g/mol. The zero-order valence-electron chi connectivity index (χ0n) is 7.17. The van der Waals surface area contributed by atoms with E-state index in [2.05, 4.69) is 36.8 Å². The van der Waals surface area contributed by atoms with Crippen molar-refractivity contribution in [2.75, 3.05) is 0 Å². The van der Waals surface area contributed by atoms with Gasteiger partial charge in [0.2, 0.25) is 0 Å². The summed E-state index contributed by atoms with van der Waals surface area (Å²) in [6, 6.07) is 0. The monoisotopic (exact) mass is 197 g/mol. The number of nitrogens with zero attached hydrogens (tertiary/aromatic N) is 1. The fraction of sp³-hybridized carbons (Fsp3) is 0.714. The first-order valence-electron chi connectivity index (χ1n) is 3.51. The van der Waals surface area contributed by atoms with E-state index in [-0.39, 0.29) is 29.6 Å². The maximum Gasteiger partial charge on any atom is 1.00 e. The number of thiocarbonyl (C=S) groups is 1. The van der Waals surface area contributed by atoms with Crippen LogP contribution in [-0.4, -0.2) is 10.5 Å². The van der Waals surface area contributed by atoms with E-state index in [4.69, 9.17) is 0 Å². The predicted molar refractivity (Wildman–Crippen MR) is 52.6 cm³/mol. The summed E-state index contributed by atoms with van der Waals surface area (Å²) in [6.45, 7) is 2.18. The summed E-state index contributed by atoms with van der Waals surface area (Å²) >= 11 is 9.18. The van der Waals surface area contributed by atoms with E-state index in [1.807, 2.05) is 6.21 Å². The first kappa shape index (κ1) is 14.5. The van der Waals surface area contributed by atoms with Crippen LogP contribution in [0, 0.1) is 0 Å². The second-order valence-corrected chi connectivity index (χ2v) is 3.11. The van der Waals surface area contributed by atoms with Gasteiger partial charge in [-0.05, 0) is 17.2 Å². The summed E-state index contributed by atoms with van der Waals surface area (Å²) in [7, 11) is 0. The van der Waals surface area contributed by atoms with Crippen LogP contribution in [0.4, 0.5) is 0 Å². The molecular formula is C7H12NNaS2. The molecule has 0 rings (SSSR count). The van der Waals surface area contributed by atoms with Crippen molar-refractivity contribution in [2.24, 2.45) is 4.99 Å². The summed E-state index contributed by atoms with van der Waals surface area (Å²) < 4.78 is 0.316. The molecule has 0 aliphatic rings. The predicted octanol–water partition coefficient (Wildman–Crippen LogP) is -0.527. The van der Waals surface area contributed by atoms with Crippen LogP contribution < -0.4 is 29.6 Å². The number of hydrogen-bond donors (Lipinski definition) is 0. The summed E-state index contributed by atoms with van der Waals surface area (Å²) in [5.41, 5.74) is 0. The Balaban J connectivity index is 0. The molecule has 0 aromatic carbocycles. The SMILES string of the molecule is CCCCCC=NC(=S)[S-].[Na+]. The second kappa shape index (κ2) is 11.0. The smallest absolute Gasteiger partial charge is 0.409 e. The van der Waals surface area contributed by atoms with Gasteiger partial charge in [0, 0.05) is 6.21 Å². The van der Waals surface area contributed by atoms with Crippen LogP contribution in [0.2, 0.25) is 0 Å². The third-order valence-electron chi connectivity index (χ3n) is 1.13. The molecule has 0 heterocycles. The summed E-state index contributed by atoms with van der Waals surface area (Å²) in [6.07, 6.45) is 6.51. The van der Waals surface area contributed by atoms with Crippen LogP contribution in [0.25, 0.3) is 0 Å². The standard InChI is InChI=1S/C7H13NS2.Na/c1-2-3-4-5-6-8-7(9)10;/h6H,2-5H2,1H3,(H,9,10);/q;+1/p-1. The maximum atomic E-state index is 4.59. The van der Waals surface area contributed by atoms with E-state index in [1.165, 1.54) is 19.3 Å². The van der Waals surface area contributed by atoms with Crippen LogP contribution in [0.1, 0.15) is 32.6 Å². The number of hydrogen-bond acceptors (Lipinski definition) is 2. The van der Waals surface area contributed by atoms with Gasteiger partial charge in [-0.1, -0.05) is 19.8 Å². The Bertz CT molecular complexity index is 126. The Morgan fingerprint density at radius 2 is 2.18 bits per heavy atom. The molecular weight excluding hydrogens is 185 g/mol. The Hall–Kier alpha value is 0.980. The van der Waals surface area contributed by atoms with Gasteiger partial charge in [-0.2, -0.15) is 0 Å². The zero-order valence-corrected chi connectivity index (χ0v) is 10.8. The fourth-order valence-corrected chi connectivity index (χ4v) is 0.774. The van der Waals surface area contributed by atoms with Crippen molar-refractivity contribution in [3.63, 3.8) is 0 Å². The van der Waals surface area contributed by atoms with E-state index in [0.29, 0.717) is 4.32 Å². The first-order valence-corrected chi connectivity index (χ1v) is 4.32. The normalized spacial score (nSPS) is 9.55. The first-order chi connectivity index (χ1) is 4.77. The van der Waals surface area contributed by atoms with E-state index >= 15 is 0 Å². The average Bonchev–Trinajstić information content (AvgIpc) is 1.87. The van der Waals surface area contributed by atoms with Gasteiger partial charge in [-0.3, -0.25) is 4.99 Å². The Kier molecular flexibility index (Phi) is 14.5. The van der Waals surface area contributed by atoms with Crippen LogP contribution in [0.3, 0.4) is 0 Å². The van der Waals surface area contributed by atoms with Crippen molar-refractivity contribution in [2.45, 2.75) is 32.6 Å². The molecule has 0 spiro atoms. The number of unbranched alkanes of at least 4 members (excludes halogenated alkanes) is 3. The second-order valence-electron chi connectivity index (χ2n) is 2.07. The molecule has 0 radical (unpaired) electrons. The molecule has 0 saturated heterocycles. The molecule has 0 unspecified atom stereocenters. The minimum atomic E-state index is 0. The Morgan fingerprint density at radius 1 is 1.55 bits per heavy atom. The van der Waals surface area contributed by atoms with Gasteiger partial charge >= 0.3 is 29.6 Å². The molecule has 0 aromatic heterocycles. The molecule has 58 valence electrons. The summed E-state index contributed by atoms with van der Waals surface area (Å²) in [5.74, 6) is 0. The molecule has 0 aromatic rings. The Morgan fingerprint density at radius 3 is 2.64 bits per heavy atom. The minimum absolute atomic E-state index is 0. The van der Waals surface area contributed by atoms with Gasteiger partial charge in [0.05, 0.1) is 0 Å². The Labute approximate surface area is 102 Å². The summed E-state index contributed by atoms with van der Waals surface area (Å²) in [5, 5.41) is 0. The van der Waals surface area contributed by atoms with Crippen molar-refractivity contribution in [3.8, 4) is 0 Å². The largest absolute Gasteiger partial charge is 1.00 e. The van der Waals surface area contributed by atoms with E-state index < -0.39 is 0 Å². The van der Waals surface area contributed by atoms with Crippen molar-refractivity contribution in [3.05, 3.63) is 0 Å². The molecule has 0 fully saturated rings. The van der Waals surface area contributed by atoms with Crippen LogP contribution in [0.5, 0.6) is 0 Å². The van der Waals surface area contributed by atoms with Gasteiger partial charge in [-0.15, -0.1) is 0 Å². The van der Waals surface area contributed by atoms with E-state index in [0.717, 1.165) is 6.42 Å². The molecule has 11 heavy (non-hydrogen) atoms. The van der Waals surface area contributed by atoms with Crippen molar-refractivity contribution >= 4 is 35.4 Å². The van der Waals surface area contributed by atoms with Gasteiger partial charge in [0.1, 0.15) is 0 Å². The topological polar surface area (TPSA) is 12.4 Å². The number of rotatable bonds is 4. The molecule has 0 bridgehead atoms. The minimum Gasteiger partial charge on any atom is -0.409 e. The quantitative estimate of drug-likeness (QED) is 0.198. The van der Waals surface area contributed by atoms with Gasteiger partial charge in [-0.25, -0.2) is 0 Å². The number of aliphatic imine (C=N–C) groups is 1. The molecule has 1 nitrogen and oxygen atoms in total. The maximum absolute atomic E-state index is 4.59. The van der Waals surface area contributed by atoms with Gasteiger partial charge in [0.25, 0.3) is 0 Å². The zero-order chi connectivity index (χ0) is 7.82. The van der Waals surface area contributed by atoms with Gasteiger partial charge < -0.3 is 24.8 Å². The third-order valence-corrected chi connectivity index (χ3v) is 1.34. The van der Waals surface area contributed by atoms with Crippen molar-refractivity contribution in [1.82, 2.24) is 0 Å². The molecule has 0 N–H and O–H groups in total.